The van der Waals surface area contributed by atoms with Crippen LogP contribution in [0.25, 0.3) is 0 Å². The second-order valence-electron chi connectivity index (χ2n) is 7.19. The van der Waals surface area contributed by atoms with Crippen molar-refractivity contribution in [3.63, 3.8) is 0 Å². The van der Waals surface area contributed by atoms with Crippen molar-refractivity contribution < 1.29 is 13.2 Å². The summed E-state index contributed by atoms with van der Waals surface area (Å²) in [6, 6.07) is 21.1. The molecule has 30 heavy (non-hydrogen) atoms. The number of benzene rings is 3. The largest absolute Gasteiger partial charge is 0.346 e. The first-order valence-electron chi connectivity index (χ1n) is 9.89. The lowest BCUT2D eigenvalue weighted by molar-refractivity contribution is 0.0939. The standard InChI is InChI=1S/C24H26N2O3S/c1-4-19-13-15-20(16-14-19)18(3)25-24(27)22-11-8-12-23(17(22)2)26-30(28,29)21-9-6-5-7-10-21/h5-16,18,26H,4H2,1-3H3,(H,25,27)/t18-/m0/s1. The van der Waals surface area contributed by atoms with E-state index in [0.717, 1.165) is 12.0 Å². The normalized spacial score (nSPS) is 12.2. The predicted octanol–water partition coefficient (Wildman–Crippen LogP) is 4.85. The highest BCUT2D eigenvalue weighted by molar-refractivity contribution is 7.92. The van der Waals surface area contributed by atoms with Gasteiger partial charge in [-0.1, -0.05) is 55.5 Å². The minimum atomic E-state index is -3.73. The zero-order valence-corrected chi connectivity index (χ0v) is 18.2. The van der Waals surface area contributed by atoms with Crippen molar-refractivity contribution >= 4 is 21.6 Å². The number of amides is 1. The number of aryl methyl sites for hydroxylation is 1. The molecule has 0 unspecified atom stereocenters. The van der Waals surface area contributed by atoms with Gasteiger partial charge in [0.2, 0.25) is 0 Å². The molecule has 0 aliphatic rings. The Labute approximate surface area is 178 Å². The van der Waals surface area contributed by atoms with Gasteiger partial charge in [-0.2, -0.15) is 0 Å². The number of anilines is 1. The van der Waals surface area contributed by atoms with Crippen LogP contribution in [0, 0.1) is 6.92 Å². The fourth-order valence-corrected chi connectivity index (χ4v) is 4.34. The van der Waals surface area contributed by atoms with Crippen LogP contribution in [-0.4, -0.2) is 14.3 Å². The fraction of sp³-hybridized carbons (Fsp3) is 0.208. The molecule has 0 saturated carbocycles. The van der Waals surface area contributed by atoms with E-state index < -0.39 is 10.0 Å². The van der Waals surface area contributed by atoms with Gasteiger partial charge in [-0.25, -0.2) is 8.42 Å². The summed E-state index contributed by atoms with van der Waals surface area (Å²) in [6.45, 7) is 5.76. The van der Waals surface area contributed by atoms with E-state index in [1.54, 1.807) is 43.3 Å². The number of hydrogen-bond donors (Lipinski definition) is 2. The van der Waals surface area contributed by atoms with E-state index in [1.807, 2.05) is 19.1 Å². The van der Waals surface area contributed by atoms with Gasteiger partial charge in [0.05, 0.1) is 16.6 Å². The molecule has 2 N–H and O–H groups in total. The van der Waals surface area contributed by atoms with E-state index in [0.29, 0.717) is 16.8 Å². The third kappa shape index (κ3) is 4.89. The highest BCUT2D eigenvalue weighted by Gasteiger charge is 2.19. The molecule has 5 nitrogen and oxygen atoms in total. The first-order valence-corrected chi connectivity index (χ1v) is 11.4. The lowest BCUT2D eigenvalue weighted by atomic mass is 10.0. The summed E-state index contributed by atoms with van der Waals surface area (Å²) in [5.41, 5.74) is 3.64. The third-order valence-corrected chi connectivity index (χ3v) is 6.49. The molecule has 0 aliphatic carbocycles. The number of nitrogens with one attached hydrogen (secondary N) is 2. The first kappa shape index (κ1) is 21.6. The summed E-state index contributed by atoms with van der Waals surface area (Å²) < 4.78 is 27.9. The Bertz CT molecular complexity index is 1120. The summed E-state index contributed by atoms with van der Waals surface area (Å²) in [6.07, 6.45) is 0.964. The zero-order chi connectivity index (χ0) is 21.7. The molecule has 0 fully saturated rings. The third-order valence-electron chi connectivity index (χ3n) is 5.11. The highest BCUT2D eigenvalue weighted by Crippen LogP contribution is 2.23. The van der Waals surface area contributed by atoms with Crippen LogP contribution in [0.5, 0.6) is 0 Å². The quantitative estimate of drug-likeness (QED) is 0.572. The maximum absolute atomic E-state index is 12.9. The molecule has 0 bridgehead atoms. The molecule has 6 heteroatoms. The summed E-state index contributed by atoms with van der Waals surface area (Å²) in [5.74, 6) is -0.250. The van der Waals surface area contributed by atoms with Crippen LogP contribution in [-0.2, 0) is 16.4 Å². The van der Waals surface area contributed by atoms with Gasteiger partial charge in [0.1, 0.15) is 0 Å². The molecule has 3 aromatic rings. The summed E-state index contributed by atoms with van der Waals surface area (Å²) in [4.78, 5) is 13.0. The van der Waals surface area contributed by atoms with Crippen molar-refractivity contribution in [3.8, 4) is 0 Å². The maximum Gasteiger partial charge on any atom is 0.261 e. The van der Waals surface area contributed by atoms with Crippen molar-refractivity contribution in [2.75, 3.05) is 4.72 Å². The van der Waals surface area contributed by atoms with Gasteiger partial charge in [0.25, 0.3) is 15.9 Å². The predicted molar refractivity (Wildman–Crippen MR) is 120 cm³/mol. The Balaban J connectivity index is 1.79. The van der Waals surface area contributed by atoms with Gasteiger partial charge >= 0.3 is 0 Å². The summed E-state index contributed by atoms with van der Waals surface area (Å²) >= 11 is 0. The van der Waals surface area contributed by atoms with E-state index >= 15 is 0 Å². The van der Waals surface area contributed by atoms with E-state index in [2.05, 4.69) is 29.1 Å². The second-order valence-corrected chi connectivity index (χ2v) is 8.87. The molecule has 0 aliphatic heterocycles. The lowest BCUT2D eigenvalue weighted by Crippen LogP contribution is -2.27. The Morgan fingerprint density at radius 3 is 2.23 bits per heavy atom. The number of carbonyl (C=O) groups is 1. The number of hydrogen-bond acceptors (Lipinski definition) is 3. The van der Waals surface area contributed by atoms with E-state index in [-0.39, 0.29) is 16.8 Å². The Morgan fingerprint density at radius 2 is 1.60 bits per heavy atom. The molecule has 0 radical (unpaired) electrons. The molecule has 0 aromatic heterocycles. The topological polar surface area (TPSA) is 75.3 Å². The molecular weight excluding hydrogens is 396 g/mol. The van der Waals surface area contributed by atoms with Gasteiger partial charge in [-0.3, -0.25) is 9.52 Å². The highest BCUT2D eigenvalue weighted by atomic mass is 32.2. The summed E-state index contributed by atoms with van der Waals surface area (Å²) in [7, 11) is -3.73. The SMILES string of the molecule is CCc1ccc([C@H](C)NC(=O)c2cccc(NS(=O)(=O)c3ccccc3)c2C)cc1. The molecule has 0 heterocycles. The van der Waals surface area contributed by atoms with Crippen LogP contribution in [0.4, 0.5) is 5.69 Å². The molecule has 0 saturated heterocycles. The first-order chi connectivity index (χ1) is 14.3. The van der Waals surface area contributed by atoms with Crippen LogP contribution in [0.3, 0.4) is 0 Å². The molecule has 3 rings (SSSR count). The lowest BCUT2D eigenvalue weighted by Gasteiger charge is -2.17. The van der Waals surface area contributed by atoms with Gasteiger partial charge in [-0.15, -0.1) is 0 Å². The molecule has 1 atom stereocenters. The van der Waals surface area contributed by atoms with Crippen molar-refractivity contribution in [2.24, 2.45) is 0 Å². The van der Waals surface area contributed by atoms with E-state index in [9.17, 15) is 13.2 Å². The maximum atomic E-state index is 12.9. The van der Waals surface area contributed by atoms with Crippen molar-refractivity contribution in [1.29, 1.82) is 0 Å². The Kier molecular flexibility index (Phi) is 6.57. The smallest absolute Gasteiger partial charge is 0.261 e. The van der Waals surface area contributed by atoms with Gasteiger partial charge in [0.15, 0.2) is 0 Å². The van der Waals surface area contributed by atoms with Crippen molar-refractivity contribution in [3.05, 3.63) is 95.1 Å². The molecule has 0 spiro atoms. The van der Waals surface area contributed by atoms with Crippen molar-refractivity contribution in [1.82, 2.24) is 5.32 Å². The minimum Gasteiger partial charge on any atom is -0.346 e. The second kappa shape index (κ2) is 9.13. The van der Waals surface area contributed by atoms with Crippen LogP contribution >= 0.6 is 0 Å². The van der Waals surface area contributed by atoms with Crippen LogP contribution in [0.2, 0.25) is 0 Å². The molecule has 156 valence electrons. The Morgan fingerprint density at radius 1 is 0.933 bits per heavy atom. The van der Waals surface area contributed by atoms with Gasteiger partial charge < -0.3 is 5.32 Å². The van der Waals surface area contributed by atoms with Crippen LogP contribution in [0.15, 0.2) is 77.7 Å². The summed E-state index contributed by atoms with van der Waals surface area (Å²) in [5, 5.41) is 3.00. The number of sulfonamides is 1. The van der Waals surface area contributed by atoms with Gasteiger partial charge in [0, 0.05) is 5.56 Å². The zero-order valence-electron chi connectivity index (χ0n) is 17.3. The number of carbonyl (C=O) groups excluding carboxylic acids is 1. The van der Waals surface area contributed by atoms with Gasteiger partial charge in [-0.05, 0) is 61.2 Å². The monoisotopic (exact) mass is 422 g/mol. The molecular formula is C24H26N2O3S. The Hall–Kier alpha value is -3.12. The number of rotatable bonds is 7. The molecule has 1 amide bonds. The average molecular weight is 423 g/mol. The van der Waals surface area contributed by atoms with Crippen molar-refractivity contribution in [2.45, 2.75) is 38.1 Å². The van der Waals surface area contributed by atoms with Crippen LogP contribution < -0.4 is 10.0 Å². The van der Waals surface area contributed by atoms with E-state index in [1.165, 1.54) is 17.7 Å². The van der Waals surface area contributed by atoms with Crippen LogP contribution in [0.1, 0.15) is 46.9 Å². The fourth-order valence-electron chi connectivity index (χ4n) is 3.20. The van der Waals surface area contributed by atoms with E-state index in [4.69, 9.17) is 0 Å². The minimum absolute atomic E-state index is 0.170. The molecule has 3 aromatic carbocycles. The average Bonchev–Trinajstić information content (AvgIpc) is 2.75.